The Morgan fingerprint density at radius 1 is 1.55 bits per heavy atom. The van der Waals surface area contributed by atoms with Gasteiger partial charge in [-0.25, -0.2) is 0 Å². The Hall–Kier alpha value is -2.16. The van der Waals surface area contributed by atoms with Gasteiger partial charge in [0.05, 0.1) is 0 Å². The van der Waals surface area contributed by atoms with Crippen LogP contribution >= 0.6 is 11.5 Å². The van der Waals surface area contributed by atoms with Gasteiger partial charge in [0.25, 0.3) is 5.91 Å². The zero-order valence-electron chi connectivity index (χ0n) is 11.2. The summed E-state index contributed by atoms with van der Waals surface area (Å²) in [5.41, 5.74) is 6.13. The third kappa shape index (κ3) is 3.44. The van der Waals surface area contributed by atoms with Gasteiger partial charge >= 0.3 is 0 Å². The van der Waals surface area contributed by atoms with E-state index in [1.54, 1.807) is 0 Å². The standard InChI is InChI=1S/C11H16N6O2S/c1-6(2)15-10(18)8-9(12)17-20-11(8)13-4-3-7-14-5-19-16-7/h5-6,13H,3-4H2,1-2H3,(H2,12,17)(H,15,18). The summed E-state index contributed by atoms with van der Waals surface area (Å²) in [5.74, 6) is 0.603. The zero-order chi connectivity index (χ0) is 14.5. The first-order chi connectivity index (χ1) is 9.58. The van der Waals surface area contributed by atoms with E-state index >= 15 is 0 Å². The lowest BCUT2D eigenvalue weighted by Crippen LogP contribution is -2.31. The number of carbonyl (C=O) groups is 1. The number of carbonyl (C=O) groups excluding carboxylic acids is 1. The van der Waals surface area contributed by atoms with Crippen LogP contribution in [0.1, 0.15) is 30.0 Å². The Labute approximate surface area is 119 Å². The quantitative estimate of drug-likeness (QED) is 0.724. The van der Waals surface area contributed by atoms with Gasteiger partial charge in [0.1, 0.15) is 10.6 Å². The minimum absolute atomic E-state index is 0.0361. The predicted molar refractivity (Wildman–Crippen MR) is 75.6 cm³/mol. The first-order valence-electron chi connectivity index (χ1n) is 6.13. The average Bonchev–Trinajstić information content (AvgIpc) is 2.98. The van der Waals surface area contributed by atoms with Crippen LogP contribution in [0, 0.1) is 0 Å². The number of hydrogen-bond donors (Lipinski definition) is 3. The van der Waals surface area contributed by atoms with Gasteiger partial charge in [-0.3, -0.25) is 4.79 Å². The summed E-state index contributed by atoms with van der Waals surface area (Å²) in [6.45, 7) is 4.33. The SMILES string of the molecule is CC(C)NC(=O)c1c(N)nsc1NCCc1ncon1. The Kier molecular flexibility index (Phi) is 4.51. The largest absolute Gasteiger partial charge is 0.382 e. The molecule has 20 heavy (non-hydrogen) atoms. The highest BCUT2D eigenvalue weighted by Gasteiger charge is 2.19. The van der Waals surface area contributed by atoms with Crippen molar-refractivity contribution in [1.82, 2.24) is 19.8 Å². The molecule has 2 rings (SSSR count). The molecule has 0 atom stereocenters. The highest BCUT2D eigenvalue weighted by atomic mass is 32.1. The summed E-state index contributed by atoms with van der Waals surface area (Å²) in [6, 6.07) is 0.0361. The van der Waals surface area contributed by atoms with E-state index in [1.165, 1.54) is 6.39 Å². The second kappa shape index (κ2) is 6.33. The molecular weight excluding hydrogens is 280 g/mol. The van der Waals surface area contributed by atoms with Crippen molar-refractivity contribution in [3.63, 3.8) is 0 Å². The van der Waals surface area contributed by atoms with Gasteiger partial charge in [0, 0.05) is 19.0 Å². The van der Waals surface area contributed by atoms with E-state index in [0.717, 1.165) is 11.5 Å². The van der Waals surface area contributed by atoms with E-state index < -0.39 is 0 Å². The highest BCUT2D eigenvalue weighted by molar-refractivity contribution is 7.11. The van der Waals surface area contributed by atoms with E-state index in [1.807, 2.05) is 13.8 Å². The van der Waals surface area contributed by atoms with Crippen LogP contribution in [0.4, 0.5) is 10.8 Å². The molecule has 0 fully saturated rings. The molecule has 1 amide bonds. The van der Waals surface area contributed by atoms with Gasteiger partial charge in [-0.1, -0.05) is 5.16 Å². The van der Waals surface area contributed by atoms with Crippen molar-refractivity contribution >= 4 is 28.3 Å². The van der Waals surface area contributed by atoms with Crippen molar-refractivity contribution in [3.05, 3.63) is 17.8 Å². The molecule has 9 heteroatoms. The third-order valence-corrected chi connectivity index (χ3v) is 3.23. The number of amides is 1. The second-order valence-corrected chi connectivity index (χ2v) is 5.20. The molecule has 0 saturated heterocycles. The molecule has 0 aliphatic carbocycles. The van der Waals surface area contributed by atoms with E-state index in [2.05, 4.69) is 29.7 Å². The van der Waals surface area contributed by atoms with Crippen LogP contribution in [-0.4, -0.2) is 33.0 Å². The maximum atomic E-state index is 12.0. The molecule has 2 aromatic heterocycles. The summed E-state index contributed by atoms with van der Waals surface area (Å²) < 4.78 is 8.65. The first kappa shape index (κ1) is 14.3. The summed E-state index contributed by atoms with van der Waals surface area (Å²) >= 11 is 1.16. The molecule has 0 aromatic carbocycles. The van der Waals surface area contributed by atoms with Gasteiger partial charge in [0.2, 0.25) is 6.39 Å². The van der Waals surface area contributed by atoms with Gasteiger partial charge < -0.3 is 20.9 Å². The molecule has 0 bridgehead atoms. The van der Waals surface area contributed by atoms with E-state index in [9.17, 15) is 4.79 Å². The molecule has 8 nitrogen and oxygen atoms in total. The zero-order valence-corrected chi connectivity index (χ0v) is 12.0. The van der Waals surface area contributed by atoms with Crippen LogP contribution in [-0.2, 0) is 6.42 Å². The van der Waals surface area contributed by atoms with Crippen LogP contribution in [0.3, 0.4) is 0 Å². The van der Waals surface area contributed by atoms with E-state index in [0.29, 0.717) is 29.4 Å². The normalized spacial score (nSPS) is 10.8. The van der Waals surface area contributed by atoms with E-state index in [4.69, 9.17) is 5.73 Å². The lowest BCUT2D eigenvalue weighted by molar-refractivity contribution is 0.0945. The van der Waals surface area contributed by atoms with Gasteiger partial charge in [-0.2, -0.15) is 9.36 Å². The Balaban J connectivity index is 1.99. The number of nitrogens with one attached hydrogen (secondary N) is 2. The number of aromatic nitrogens is 3. The fourth-order valence-corrected chi connectivity index (χ4v) is 2.30. The van der Waals surface area contributed by atoms with Crippen LogP contribution in [0.2, 0.25) is 0 Å². The lowest BCUT2D eigenvalue weighted by atomic mass is 10.2. The molecule has 2 heterocycles. The summed E-state index contributed by atoms with van der Waals surface area (Å²) in [7, 11) is 0. The molecule has 4 N–H and O–H groups in total. The number of anilines is 2. The average molecular weight is 296 g/mol. The maximum Gasteiger partial charge on any atom is 0.258 e. The van der Waals surface area contributed by atoms with Crippen LogP contribution in [0.5, 0.6) is 0 Å². The number of nitrogens with two attached hydrogens (primary N) is 1. The molecule has 108 valence electrons. The molecule has 2 aromatic rings. The molecular formula is C11H16N6O2S. The monoisotopic (exact) mass is 296 g/mol. The Bertz CT molecular complexity index is 565. The summed E-state index contributed by atoms with van der Waals surface area (Å²) in [5, 5.41) is 10.3. The summed E-state index contributed by atoms with van der Waals surface area (Å²) in [4.78, 5) is 16.0. The molecule has 0 unspecified atom stereocenters. The van der Waals surface area contributed by atoms with Gasteiger partial charge in [-0.15, -0.1) is 0 Å². The van der Waals surface area contributed by atoms with Crippen molar-refractivity contribution in [2.24, 2.45) is 0 Å². The number of hydrogen-bond acceptors (Lipinski definition) is 8. The maximum absolute atomic E-state index is 12.0. The molecule has 0 spiro atoms. The van der Waals surface area contributed by atoms with Crippen LogP contribution in [0.15, 0.2) is 10.9 Å². The smallest absolute Gasteiger partial charge is 0.258 e. The van der Waals surface area contributed by atoms with Crippen molar-refractivity contribution in [2.75, 3.05) is 17.6 Å². The van der Waals surface area contributed by atoms with Crippen molar-refractivity contribution in [2.45, 2.75) is 26.3 Å². The highest BCUT2D eigenvalue weighted by Crippen LogP contribution is 2.26. The van der Waals surface area contributed by atoms with Crippen molar-refractivity contribution < 1.29 is 9.32 Å². The molecule has 0 aliphatic heterocycles. The van der Waals surface area contributed by atoms with Crippen molar-refractivity contribution in [3.8, 4) is 0 Å². The van der Waals surface area contributed by atoms with Crippen LogP contribution < -0.4 is 16.4 Å². The molecule has 0 aliphatic rings. The predicted octanol–water partition coefficient (Wildman–Crippen LogP) is 0.901. The number of nitrogens with zero attached hydrogens (tertiary/aromatic N) is 3. The van der Waals surface area contributed by atoms with E-state index in [-0.39, 0.29) is 17.8 Å². The second-order valence-electron chi connectivity index (χ2n) is 4.42. The fraction of sp³-hybridized carbons (Fsp3) is 0.455. The number of rotatable bonds is 6. The minimum atomic E-state index is -0.228. The van der Waals surface area contributed by atoms with Gasteiger partial charge in [-0.05, 0) is 25.4 Å². The topological polar surface area (TPSA) is 119 Å². The molecule has 0 radical (unpaired) electrons. The third-order valence-electron chi connectivity index (χ3n) is 2.41. The minimum Gasteiger partial charge on any atom is -0.382 e. The van der Waals surface area contributed by atoms with Crippen molar-refractivity contribution in [1.29, 1.82) is 0 Å². The fourth-order valence-electron chi connectivity index (χ4n) is 1.57. The Morgan fingerprint density at radius 3 is 3.00 bits per heavy atom. The van der Waals surface area contributed by atoms with Gasteiger partial charge in [0.15, 0.2) is 11.6 Å². The summed E-state index contributed by atoms with van der Waals surface area (Å²) in [6.07, 6.45) is 1.86. The Morgan fingerprint density at radius 2 is 2.35 bits per heavy atom. The van der Waals surface area contributed by atoms with Crippen LogP contribution in [0.25, 0.3) is 0 Å². The molecule has 0 saturated carbocycles. The lowest BCUT2D eigenvalue weighted by Gasteiger charge is -2.09. The first-order valence-corrected chi connectivity index (χ1v) is 6.90. The number of nitrogen functional groups attached to an aromatic ring is 1.